The van der Waals surface area contributed by atoms with Crippen molar-refractivity contribution in [2.24, 2.45) is 5.92 Å². The second-order valence-corrected chi connectivity index (χ2v) is 9.61. The van der Waals surface area contributed by atoms with Crippen LogP contribution in [0, 0.1) is 18.7 Å². The molecular weight excluding hydrogens is 453 g/mol. The van der Waals surface area contributed by atoms with E-state index in [0.29, 0.717) is 37.1 Å². The van der Waals surface area contributed by atoms with Gasteiger partial charge in [0.25, 0.3) is 0 Å². The Kier molecular flexibility index (Phi) is 8.52. The van der Waals surface area contributed by atoms with Crippen molar-refractivity contribution in [2.75, 3.05) is 13.1 Å². The number of nitrogens with zero attached hydrogens (tertiary/aromatic N) is 3. The van der Waals surface area contributed by atoms with Crippen molar-refractivity contribution in [3.05, 3.63) is 108 Å². The summed E-state index contributed by atoms with van der Waals surface area (Å²) < 4.78 is 22.0. The molecule has 1 aromatic heterocycles. The smallest absolute Gasteiger partial charge is 0.227 e. The molecule has 0 radical (unpaired) electrons. The molecule has 0 saturated heterocycles. The summed E-state index contributed by atoms with van der Waals surface area (Å²) in [6, 6.07) is 25.9. The van der Waals surface area contributed by atoms with E-state index in [1.807, 2.05) is 67.6 Å². The second kappa shape index (κ2) is 12.0. The summed E-state index contributed by atoms with van der Waals surface area (Å²) in [4.78, 5) is 2.25. The minimum atomic E-state index is -0.511. The maximum atomic E-state index is 13.9. The van der Waals surface area contributed by atoms with Crippen molar-refractivity contribution >= 4 is 0 Å². The van der Waals surface area contributed by atoms with E-state index in [0.717, 1.165) is 29.1 Å². The summed E-state index contributed by atoms with van der Waals surface area (Å²) in [6.45, 7) is 8.17. The Morgan fingerprint density at radius 1 is 0.944 bits per heavy atom. The fourth-order valence-electron chi connectivity index (χ4n) is 4.40. The van der Waals surface area contributed by atoms with E-state index in [-0.39, 0.29) is 5.82 Å². The first-order valence-corrected chi connectivity index (χ1v) is 12.4. The molecule has 0 amide bonds. The number of ether oxygens (including phenoxy) is 1. The Hall–Kier alpha value is -3.48. The van der Waals surface area contributed by atoms with Crippen LogP contribution in [0.25, 0.3) is 5.69 Å². The molecule has 0 saturated carbocycles. The van der Waals surface area contributed by atoms with Crippen LogP contribution in [0.15, 0.2) is 84.9 Å². The quantitative estimate of drug-likeness (QED) is 0.275. The van der Waals surface area contributed by atoms with E-state index in [9.17, 15) is 9.50 Å². The van der Waals surface area contributed by atoms with Crippen LogP contribution in [0.2, 0.25) is 0 Å². The summed E-state index contributed by atoms with van der Waals surface area (Å²) in [7, 11) is 0. The van der Waals surface area contributed by atoms with Gasteiger partial charge >= 0.3 is 0 Å². The molecular formula is C30H34FN3O2. The minimum absolute atomic E-state index is 0.359. The first-order valence-electron chi connectivity index (χ1n) is 12.4. The molecule has 0 aliphatic rings. The molecule has 6 heteroatoms. The number of hydrogen-bond acceptors (Lipinski definition) is 4. The van der Waals surface area contributed by atoms with E-state index in [1.165, 1.54) is 12.1 Å². The third-order valence-electron chi connectivity index (χ3n) is 5.94. The Bertz CT molecular complexity index is 1240. The first kappa shape index (κ1) is 25.6. The number of aryl methyl sites for hydroxylation is 1. The number of rotatable bonds is 11. The molecule has 5 nitrogen and oxygen atoms in total. The molecule has 0 spiro atoms. The third-order valence-corrected chi connectivity index (χ3v) is 5.94. The van der Waals surface area contributed by atoms with Crippen LogP contribution in [0.5, 0.6) is 11.6 Å². The van der Waals surface area contributed by atoms with Gasteiger partial charge in [-0.25, -0.2) is 9.07 Å². The number of aliphatic hydroxyl groups is 1. The van der Waals surface area contributed by atoms with E-state index < -0.39 is 6.10 Å². The lowest BCUT2D eigenvalue weighted by atomic mass is 10.1. The molecule has 1 unspecified atom stereocenters. The number of hydrogen-bond donors (Lipinski definition) is 1. The third kappa shape index (κ3) is 6.80. The highest BCUT2D eigenvalue weighted by Gasteiger charge is 2.23. The molecule has 0 aliphatic heterocycles. The summed E-state index contributed by atoms with van der Waals surface area (Å²) >= 11 is 0. The summed E-state index contributed by atoms with van der Waals surface area (Å²) in [5.41, 5.74) is 3.71. The first-order chi connectivity index (χ1) is 17.4. The average molecular weight is 488 g/mol. The summed E-state index contributed by atoms with van der Waals surface area (Å²) in [5.74, 6) is 1.01. The Labute approximate surface area is 212 Å². The van der Waals surface area contributed by atoms with E-state index in [2.05, 4.69) is 18.7 Å². The molecule has 0 aliphatic carbocycles. The molecule has 0 fully saturated rings. The number of benzene rings is 3. The lowest BCUT2D eigenvalue weighted by molar-refractivity contribution is 0.101. The number of para-hydroxylation sites is 1. The molecule has 1 N–H and O–H groups in total. The van der Waals surface area contributed by atoms with Crippen LogP contribution < -0.4 is 4.74 Å². The predicted octanol–water partition coefficient (Wildman–Crippen LogP) is 6.17. The van der Waals surface area contributed by atoms with Gasteiger partial charge in [0.2, 0.25) is 5.88 Å². The maximum Gasteiger partial charge on any atom is 0.227 e. The zero-order chi connectivity index (χ0) is 25.5. The van der Waals surface area contributed by atoms with Crippen molar-refractivity contribution in [3.8, 4) is 17.3 Å². The number of aromatic nitrogens is 2. The van der Waals surface area contributed by atoms with Crippen molar-refractivity contribution in [3.63, 3.8) is 0 Å². The highest BCUT2D eigenvalue weighted by atomic mass is 19.1. The van der Waals surface area contributed by atoms with Gasteiger partial charge in [0.1, 0.15) is 11.6 Å². The Balaban J connectivity index is 1.64. The lowest BCUT2D eigenvalue weighted by Crippen LogP contribution is -2.35. The average Bonchev–Trinajstić information content (AvgIpc) is 3.14. The van der Waals surface area contributed by atoms with Gasteiger partial charge in [-0.3, -0.25) is 4.90 Å². The van der Waals surface area contributed by atoms with Crippen LogP contribution in [-0.2, 0) is 13.0 Å². The maximum absolute atomic E-state index is 13.9. The van der Waals surface area contributed by atoms with Gasteiger partial charge in [0, 0.05) is 25.7 Å². The SMILES string of the molecule is Cc1nn(-c2ccccc2)c(Oc2cccc(F)c2)c1CN(CC(C)C)CC(O)Cc1ccccc1. The fourth-order valence-corrected chi connectivity index (χ4v) is 4.40. The Morgan fingerprint density at radius 3 is 2.31 bits per heavy atom. The lowest BCUT2D eigenvalue weighted by Gasteiger charge is -2.27. The molecule has 0 bridgehead atoms. The van der Waals surface area contributed by atoms with Crippen molar-refractivity contribution in [1.29, 1.82) is 0 Å². The molecule has 36 heavy (non-hydrogen) atoms. The molecule has 1 heterocycles. The predicted molar refractivity (Wildman–Crippen MR) is 141 cm³/mol. The van der Waals surface area contributed by atoms with E-state index >= 15 is 0 Å². The van der Waals surface area contributed by atoms with Crippen LogP contribution in [0.1, 0.15) is 30.7 Å². The monoisotopic (exact) mass is 487 g/mol. The summed E-state index contributed by atoms with van der Waals surface area (Å²) in [5, 5.41) is 15.7. The van der Waals surface area contributed by atoms with Crippen LogP contribution in [-0.4, -0.2) is 39.0 Å². The fraction of sp³-hybridized carbons (Fsp3) is 0.300. The standard InChI is InChI=1S/C30H34FN3O2/c1-22(2)19-33(20-27(35)17-24-11-6-4-7-12-24)21-29-23(3)32-34(26-14-8-5-9-15-26)30(29)36-28-16-10-13-25(31)18-28/h4-16,18,22,27,35H,17,19-21H2,1-3H3. The van der Waals surface area contributed by atoms with Gasteiger partial charge in [0.15, 0.2) is 0 Å². The molecule has 3 aromatic carbocycles. The molecule has 188 valence electrons. The van der Waals surface area contributed by atoms with Gasteiger partial charge in [-0.2, -0.15) is 5.10 Å². The van der Waals surface area contributed by atoms with Crippen molar-refractivity contribution < 1.29 is 14.2 Å². The van der Waals surface area contributed by atoms with E-state index in [1.54, 1.807) is 16.8 Å². The Morgan fingerprint density at radius 2 is 1.64 bits per heavy atom. The molecule has 4 aromatic rings. The molecule has 1 atom stereocenters. The highest BCUT2D eigenvalue weighted by Crippen LogP contribution is 2.32. The highest BCUT2D eigenvalue weighted by molar-refractivity contribution is 5.43. The zero-order valence-electron chi connectivity index (χ0n) is 21.1. The van der Waals surface area contributed by atoms with Crippen LogP contribution in [0.4, 0.5) is 4.39 Å². The number of aliphatic hydroxyl groups excluding tert-OH is 1. The normalized spacial score (nSPS) is 12.3. The topological polar surface area (TPSA) is 50.5 Å². The zero-order valence-corrected chi connectivity index (χ0v) is 21.1. The number of halogens is 1. The summed E-state index contributed by atoms with van der Waals surface area (Å²) in [6.07, 6.45) is 0.0767. The van der Waals surface area contributed by atoms with Gasteiger partial charge in [0.05, 0.1) is 23.0 Å². The van der Waals surface area contributed by atoms with Gasteiger partial charge in [-0.1, -0.05) is 68.4 Å². The largest absolute Gasteiger partial charge is 0.438 e. The second-order valence-electron chi connectivity index (χ2n) is 9.61. The molecule has 4 rings (SSSR count). The van der Waals surface area contributed by atoms with Crippen LogP contribution in [0.3, 0.4) is 0 Å². The minimum Gasteiger partial charge on any atom is -0.438 e. The van der Waals surface area contributed by atoms with Gasteiger partial charge in [-0.05, 0) is 49.1 Å². The van der Waals surface area contributed by atoms with Crippen molar-refractivity contribution in [2.45, 2.75) is 39.8 Å². The van der Waals surface area contributed by atoms with Crippen molar-refractivity contribution in [1.82, 2.24) is 14.7 Å². The van der Waals surface area contributed by atoms with Crippen LogP contribution >= 0.6 is 0 Å². The van der Waals surface area contributed by atoms with E-state index in [4.69, 9.17) is 9.84 Å². The van der Waals surface area contributed by atoms with Gasteiger partial charge < -0.3 is 9.84 Å². The van der Waals surface area contributed by atoms with Gasteiger partial charge in [-0.15, -0.1) is 0 Å².